The molecule has 3 nitrogen and oxygen atoms in total. The number of hydrogen-bond acceptors (Lipinski definition) is 2. The molecule has 0 fully saturated rings. The molecule has 144 valence electrons. The average Bonchev–Trinajstić information content (AvgIpc) is 2.72. The third kappa shape index (κ3) is 4.54. The van der Waals surface area contributed by atoms with Gasteiger partial charge in [0.1, 0.15) is 11.1 Å². The van der Waals surface area contributed by atoms with Gasteiger partial charge in [0.05, 0.1) is 5.25 Å². The third-order valence-electron chi connectivity index (χ3n) is 4.73. The summed E-state index contributed by atoms with van der Waals surface area (Å²) in [6.45, 7) is 1.76. The lowest BCUT2D eigenvalue weighted by Crippen LogP contribution is -2.30. The summed E-state index contributed by atoms with van der Waals surface area (Å²) >= 11 is 0. The summed E-state index contributed by atoms with van der Waals surface area (Å²) in [7, 11) is -1.61. The summed E-state index contributed by atoms with van der Waals surface area (Å²) in [6.07, 6.45) is 0.209. The summed E-state index contributed by atoms with van der Waals surface area (Å²) in [4.78, 5) is 11.7. The van der Waals surface area contributed by atoms with E-state index < -0.39 is 27.3 Å². The van der Waals surface area contributed by atoms with Gasteiger partial charge in [-0.05, 0) is 36.1 Å². The Morgan fingerprint density at radius 2 is 1.57 bits per heavy atom. The largest absolute Gasteiger partial charge is 0.480 e. The number of carbonyl (C=O) groups is 1. The van der Waals surface area contributed by atoms with E-state index in [0.717, 1.165) is 16.7 Å². The van der Waals surface area contributed by atoms with Crippen LogP contribution in [0.3, 0.4) is 0 Å². The summed E-state index contributed by atoms with van der Waals surface area (Å²) in [5.41, 5.74) is 2.82. The van der Waals surface area contributed by atoms with E-state index in [0.29, 0.717) is 5.56 Å². The monoisotopic (exact) mass is 396 g/mol. The minimum Gasteiger partial charge on any atom is -0.480 e. The quantitative estimate of drug-likeness (QED) is 0.612. The van der Waals surface area contributed by atoms with Gasteiger partial charge in [-0.25, -0.2) is 4.39 Å². The first-order chi connectivity index (χ1) is 13.5. The van der Waals surface area contributed by atoms with Gasteiger partial charge in [-0.15, -0.1) is 0 Å². The van der Waals surface area contributed by atoms with Gasteiger partial charge < -0.3 is 5.11 Å². The molecule has 0 saturated carbocycles. The van der Waals surface area contributed by atoms with Crippen molar-refractivity contribution in [2.45, 2.75) is 23.8 Å². The highest BCUT2D eigenvalue weighted by molar-refractivity contribution is 7.86. The van der Waals surface area contributed by atoms with E-state index in [1.54, 1.807) is 49.4 Å². The molecule has 28 heavy (non-hydrogen) atoms. The second kappa shape index (κ2) is 8.93. The summed E-state index contributed by atoms with van der Waals surface area (Å²) in [5.74, 6) is -1.38. The van der Waals surface area contributed by atoms with Crippen LogP contribution in [0, 0.1) is 5.82 Å². The van der Waals surface area contributed by atoms with Crippen LogP contribution in [-0.4, -0.2) is 20.5 Å². The van der Waals surface area contributed by atoms with E-state index in [-0.39, 0.29) is 12.2 Å². The highest BCUT2D eigenvalue weighted by atomic mass is 32.2. The first-order valence-electron chi connectivity index (χ1n) is 8.98. The highest BCUT2D eigenvalue weighted by Crippen LogP contribution is 2.28. The number of carboxylic acid groups (broad SMARTS) is 1. The van der Waals surface area contributed by atoms with Gasteiger partial charge >= 0.3 is 5.97 Å². The van der Waals surface area contributed by atoms with E-state index in [4.69, 9.17) is 0 Å². The summed E-state index contributed by atoms with van der Waals surface area (Å²) in [6, 6.07) is 22.8. The molecule has 0 radical (unpaired) electrons. The van der Waals surface area contributed by atoms with E-state index in [2.05, 4.69) is 0 Å². The lowest BCUT2D eigenvalue weighted by atomic mass is 10.0. The molecular formula is C23H21FO3S. The fourth-order valence-corrected chi connectivity index (χ4v) is 4.58. The smallest absolute Gasteiger partial charge is 0.319 e. The molecule has 0 aromatic heterocycles. The van der Waals surface area contributed by atoms with Gasteiger partial charge in [-0.1, -0.05) is 72.8 Å². The third-order valence-corrected chi connectivity index (χ3v) is 6.63. The van der Waals surface area contributed by atoms with Crippen molar-refractivity contribution in [1.82, 2.24) is 0 Å². The van der Waals surface area contributed by atoms with Crippen molar-refractivity contribution in [2.24, 2.45) is 0 Å². The molecule has 3 unspecified atom stereocenters. The molecule has 0 heterocycles. The molecule has 0 saturated heterocycles. The first kappa shape index (κ1) is 20.0. The number of carboxylic acids is 1. The van der Waals surface area contributed by atoms with Gasteiger partial charge in [-0.2, -0.15) is 0 Å². The van der Waals surface area contributed by atoms with Crippen molar-refractivity contribution in [2.75, 3.05) is 0 Å². The fraction of sp³-hybridized carbons (Fsp3) is 0.174. The van der Waals surface area contributed by atoms with Crippen LogP contribution < -0.4 is 0 Å². The molecule has 0 aliphatic heterocycles. The second-order valence-corrected chi connectivity index (χ2v) is 8.52. The summed E-state index contributed by atoms with van der Waals surface area (Å²) < 4.78 is 26.9. The van der Waals surface area contributed by atoms with Gasteiger partial charge in [0.25, 0.3) is 0 Å². The molecule has 3 aromatic carbocycles. The predicted octanol–water partition coefficient (Wildman–Crippen LogP) is 5.00. The van der Waals surface area contributed by atoms with Crippen molar-refractivity contribution in [3.8, 4) is 11.1 Å². The maximum atomic E-state index is 14.0. The van der Waals surface area contributed by atoms with Gasteiger partial charge in [0.15, 0.2) is 0 Å². The Hall–Kier alpha value is -2.79. The zero-order chi connectivity index (χ0) is 20.1. The molecule has 3 aromatic rings. The van der Waals surface area contributed by atoms with Crippen LogP contribution in [0.1, 0.15) is 23.3 Å². The Labute approximate surface area is 166 Å². The van der Waals surface area contributed by atoms with E-state index >= 15 is 0 Å². The van der Waals surface area contributed by atoms with Crippen molar-refractivity contribution < 1.29 is 18.5 Å². The molecule has 0 spiro atoms. The van der Waals surface area contributed by atoms with E-state index in [9.17, 15) is 18.5 Å². The van der Waals surface area contributed by atoms with E-state index in [1.807, 2.05) is 30.3 Å². The zero-order valence-electron chi connectivity index (χ0n) is 15.4. The van der Waals surface area contributed by atoms with E-state index in [1.165, 1.54) is 6.07 Å². The first-order valence-corrected chi connectivity index (χ1v) is 10.3. The van der Waals surface area contributed by atoms with Crippen LogP contribution in [0.15, 0.2) is 78.9 Å². The zero-order valence-corrected chi connectivity index (χ0v) is 16.2. The molecule has 3 atom stereocenters. The molecule has 0 amide bonds. The maximum absolute atomic E-state index is 14.0. The Balaban J connectivity index is 1.79. The number of benzene rings is 3. The van der Waals surface area contributed by atoms with Crippen molar-refractivity contribution in [1.29, 1.82) is 0 Å². The van der Waals surface area contributed by atoms with Crippen molar-refractivity contribution in [3.63, 3.8) is 0 Å². The minimum atomic E-state index is -1.61. The minimum absolute atomic E-state index is 0.209. The van der Waals surface area contributed by atoms with Crippen LogP contribution in [0.5, 0.6) is 0 Å². The van der Waals surface area contributed by atoms with Gasteiger partial charge in [0, 0.05) is 16.4 Å². The standard InChI is InChI=1S/C23H21FO3S/c1-16(28(27)22(23(25)26)15-17-7-3-2-4-8-17)18-11-13-19(14-12-18)20-9-5-6-10-21(20)24/h2-14,16,22H,15H2,1H3,(H,25,26). The maximum Gasteiger partial charge on any atom is 0.319 e. The van der Waals surface area contributed by atoms with Crippen LogP contribution in [0.4, 0.5) is 4.39 Å². The fourth-order valence-electron chi connectivity index (χ4n) is 3.11. The van der Waals surface area contributed by atoms with Crippen molar-refractivity contribution >= 4 is 16.8 Å². The normalized spacial score (nSPS) is 14.2. The van der Waals surface area contributed by atoms with Gasteiger partial charge in [-0.3, -0.25) is 9.00 Å². The van der Waals surface area contributed by atoms with Crippen molar-refractivity contribution in [3.05, 3.63) is 95.8 Å². The van der Waals surface area contributed by atoms with Crippen LogP contribution in [-0.2, 0) is 22.0 Å². The Morgan fingerprint density at radius 1 is 0.964 bits per heavy atom. The van der Waals surface area contributed by atoms with Crippen LogP contribution >= 0.6 is 0 Å². The predicted molar refractivity (Wildman–Crippen MR) is 110 cm³/mol. The molecule has 5 heteroatoms. The van der Waals surface area contributed by atoms with Crippen LogP contribution in [0.2, 0.25) is 0 Å². The lowest BCUT2D eigenvalue weighted by Gasteiger charge is -2.18. The lowest BCUT2D eigenvalue weighted by molar-refractivity contribution is -0.136. The number of aliphatic carboxylic acids is 1. The molecule has 1 N–H and O–H groups in total. The topological polar surface area (TPSA) is 54.4 Å². The molecule has 0 aliphatic rings. The second-order valence-electron chi connectivity index (χ2n) is 6.59. The Kier molecular flexibility index (Phi) is 6.37. The molecule has 3 rings (SSSR count). The average molecular weight is 396 g/mol. The molecule has 0 aliphatic carbocycles. The Morgan fingerprint density at radius 3 is 2.18 bits per heavy atom. The number of hydrogen-bond donors (Lipinski definition) is 1. The van der Waals surface area contributed by atoms with Crippen LogP contribution in [0.25, 0.3) is 11.1 Å². The van der Waals surface area contributed by atoms with Gasteiger partial charge in [0.2, 0.25) is 0 Å². The highest BCUT2D eigenvalue weighted by Gasteiger charge is 2.29. The summed E-state index contributed by atoms with van der Waals surface area (Å²) in [5, 5.41) is 8.13. The number of rotatable bonds is 7. The number of halogens is 1. The Bertz CT molecular complexity index is 971. The SMILES string of the molecule is CC(c1ccc(-c2ccccc2F)cc1)S(=O)C(Cc1ccccc1)C(=O)O. The molecule has 0 bridgehead atoms. The molecular weight excluding hydrogens is 375 g/mol.